The molecule has 7 heteroatoms. The molecule has 0 bridgehead atoms. The molecule has 0 amide bonds. The van der Waals surface area contributed by atoms with Crippen molar-refractivity contribution >= 4 is 35.8 Å². The van der Waals surface area contributed by atoms with Crippen molar-refractivity contribution in [3.63, 3.8) is 0 Å². The van der Waals surface area contributed by atoms with Crippen LogP contribution in [0.3, 0.4) is 0 Å². The Hall–Kier alpha value is -1.87. The minimum atomic E-state index is 0. The van der Waals surface area contributed by atoms with E-state index < -0.39 is 0 Å². The summed E-state index contributed by atoms with van der Waals surface area (Å²) in [5, 5.41) is 3.62. The minimum absolute atomic E-state index is 0. The quantitative estimate of drug-likeness (QED) is 0.379. The fourth-order valence-corrected chi connectivity index (χ4v) is 4.31. The number of benzene rings is 1. The Morgan fingerprint density at radius 2 is 1.87 bits per heavy atom. The van der Waals surface area contributed by atoms with Crippen LogP contribution in [-0.2, 0) is 4.74 Å². The van der Waals surface area contributed by atoms with E-state index in [0.717, 1.165) is 57.5 Å². The topological polar surface area (TPSA) is 53.0 Å². The number of hydrogen-bond donors (Lipinski definition) is 1. The Morgan fingerprint density at radius 1 is 1.10 bits per heavy atom. The first-order valence-electron chi connectivity index (χ1n) is 10.6. The number of halogens is 1. The number of hydrogen-bond acceptors (Lipinski definition) is 4. The van der Waals surface area contributed by atoms with Crippen LogP contribution in [-0.4, -0.2) is 62.2 Å². The molecule has 1 aromatic carbocycles. The summed E-state index contributed by atoms with van der Waals surface area (Å²) in [5.41, 5.74) is 1.28. The summed E-state index contributed by atoms with van der Waals surface area (Å²) in [6.07, 6.45) is 4.32. The fourth-order valence-electron chi connectivity index (χ4n) is 4.31. The lowest BCUT2D eigenvalue weighted by molar-refractivity contribution is -0.0266. The lowest BCUT2D eigenvalue weighted by atomic mass is 9.89. The summed E-state index contributed by atoms with van der Waals surface area (Å²) in [6.45, 7) is 5.53. The molecule has 2 aliphatic rings. The fraction of sp³-hybridized carbons (Fsp3) is 0.478. The molecule has 2 saturated heterocycles. The van der Waals surface area contributed by atoms with E-state index >= 15 is 0 Å². The number of aromatic nitrogens is 1. The molecular formula is C23H32IN5O. The van der Waals surface area contributed by atoms with E-state index in [0.29, 0.717) is 5.92 Å². The van der Waals surface area contributed by atoms with Crippen LogP contribution in [0.4, 0.5) is 5.82 Å². The molecular weight excluding hydrogens is 489 g/mol. The van der Waals surface area contributed by atoms with Gasteiger partial charge in [-0.2, -0.15) is 0 Å². The van der Waals surface area contributed by atoms with Gasteiger partial charge in [-0.05, 0) is 30.5 Å². The second-order valence-corrected chi connectivity index (χ2v) is 7.69. The van der Waals surface area contributed by atoms with Crippen LogP contribution in [0, 0.1) is 5.92 Å². The average molecular weight is 521 g/mol. The molecule has 2 unspecified atom stereocenters. The van der Waals surface area contributed by atoms with Gasteiger partial charge >= 0.3 is 0 Å². The maximum absolute atomic E-state index is 6.14. The molecule has 2 aromatic rings. The van der Waals surface area contributed by atoms with Crippen LogP contribution in [0.25, 0.3) is 0 Å². The zero-order chi connectivity index (χ0) is 19.9. The zero-order valence-corrected chi connectivity index (χ0v) is 19.9. The maximum Gasteiger partial charge on any atom is 0.193 e. The van der Waals surface area contributed by atoms with Gasteiger partial charge in [-0.1, -0.05) is 36.4 Å². The first-order chi connectivity index (χ1) is 14.3. The molecule has 1 aromatic heterocycles. The van der Waals surface area contributed by atoms with E-state index in [1.165, 1.54) is 12.0 Å². The summed E-state index contributed by atoms with van der Waals surface area (Å²) in [6, 6.07) is 16.7. The minimum Gasteiger partial charge on any atom is -0.373 e. The third-order valence-electron chi connectivity index (χ3n) is 5.86. The van der Waals surface area contributed by atoms with Crippen LogP contribution in [0.5, 0.6) is 0 Å². The molecule has 0 spiro atoms. The van der Waals surface area contributed by atoms with Gasteiger partial charge in [0, 0.05) is 58.5 Å². The first kappa shape index (κ1) is 22.8. The van der Waals surface area contributed by atoms with Crippen molar-refractivity contribution in [2.24, 2.45) is 10.9 Å². The number of aliphatic imine (C=N–C) groups is 1. The summed E-state index contributed by atoms with van der Waals surface area (Å²) in [7, 11) is 1.87. The van der Waals surface area contributed by atoms with Gasteiger partial charge in [0.05, 0.1) is 6.10 Å². The molecule has 30 heavy (non-hydrogen) atoms. The summed E-state index contributed by atoms with van der Waals surface area (Å²) < 4.78 is 6.14. The lowest BCUT2D eigenvalue weighted by Gasteiger charge is -2.38. The van der Waals surface area contributed by atoms with Crippen molar-refractivity contribution in [2.45, 2.75) is 18.9 Å². The Morgan fingerprint density at radius 3 is 2.57 bits per heavy atom. The number of guanidine groups is 1. The molecule has 0 radical (unpaired) electrons. The monoisotopic (exact) mass is 521 g/mol. The van der Waals surface area contributed by atoms with Crippen molar-refractivity contribution in [3.05, 3.63) is 60.3 Å². The van der Waals surface area contributed by atoms with Crippen molar-refractivity contribution < 1.29 is 4.74 Å². The van der Waals surface area contributed by atoms with Crippen molar-refractivity contribution in [1.29, 1.82) is 0 Å². The first-order valence-corrected chi connectivity index (χ1v) is 10.6. The smallest absolute Gasteiger partial charge is 0.193 e. The molecule has 6 nitrogen and oxygen atoms in total. The highest BCUT2D eigenvalue weighted by Crippen LogP contribution is 2.33. The van der Waals surface area contributed by atoms with Gasteiger partial charge in [0.2, 0.25) is 0 Å². The summed E-state index contributed by atoms with van der Waals surface area (Å²) >= 11 is 0. The standard InChI is InChI=1S/C23H31N5O.HI/c1-24-23(28-15-13-27(14-16-28)21-11-5-6-12-25-21)26-18-20-10-7-17-29-22(20)19-8-3-2-4-9-19;/h2-6,8-9,11-12,20,22H,7,10,13-18H2,1H3,(H,24,26);1H. The Balaban J connectivity index is 0.00000256. The summed E-state index contributed by atoms with van der Waals surface area (Å²) in [4.78, 5) is 13.7. The van der Waals surface area contributed by atoms with E-state index in [4.69, 9.17) is 4.74 Å². The predicted octanol–water partition coefficient (Wildman–Crippen LogP) is 3.56. The largest absolute Gasteiger partial charge is 0.373 e. The van der Waals surface area contributed by atoms with Crippen molar-refractivity contribution in [3.8, 4) is 0 Å². The number of nitrogens with zero attached hydrogens (tertiary/aromatic N) is 4. The maximum atomic E-state index is 6.14. The van der Waals surface area contributed by atoms with E-state index in [1.807, 2.05) is 25.4 Å². The molecule has 1 N–H and O–H groups in total. The normalized spacial score (nSPS) is 22.4. The number of piperazine rings is 1. The second kappa shape index (κ2) is 11.5. The van der Waals surface area contributed by atoms with Gasteiger partial charge < -0.3 is 19.9 Å². The molecule has 162 valence electrons. The molecule has 2 atom stereocenters. The number of rotatable bonds is 4. The van der Waals surface area contributed by atoms with E-state index in [9.17, 15) is 0 Å². The van der Waals surface area contributed by atoms with Gasteiger partial charge in [-0.3, -0.25) is 4.99 Å². The predicted molar refractivity (Wildman–Crippen MR) is 133 cm³/mol. The third-order valence-corrected chi connectivity index (χ3v) is 5.86. The molecule has 2 aliphatic heterocycles. The Bertz CT molecular complexity index is 781. The molecule has 2 fully saturated rings. The third kappa shape index (κ3) is 5.63. The zero-order valence-electron chi connectivity index (χ0n) is 17.6. The number of anilines is 1. The van der Waals surface area contributed by atoms with Crippen molar-refractivity contribution in [2.75, 3.05) is 51.3 Å². The highest BCUT2D eigenvalue weighted by Gasteiger charge is 2.28. The van der Waals surface area contributed by atoms with Gasteiger partial charge in [0.25, 0.3) is 0 Å². The number of ether oxygens (including phenoxy) is 1. The Kier molecular flexibility index (Phi) is 8.74. The highest BCUT2D eigenvalue weighted by molar-refractivity contribution is 14.0. The van der Waals surface area contributed by atoms with E-state index in [-0.39, 0.29) is 30.1 Å². The van der Waals surface area contributed by atoms with Crippen molar-refractivity contribution in [1.82, 2.24) is 15.2 Å². The molecule has 3 heterocycles. The highest BCUT2D eigenvalue weighted by atomic mass is 127. The number of pyridine rings is 1. The van der Waals surface area contributed by atoms with Crippen LogP contribution in [0.2, 0.25) is 0 Å². The SMILES string of the molecule is CN=C(NCC1CCCOC1c1ccccc1)N1CCN(c2ccccn2)CC1.I. The average Bonchev–Trinajstić information content (AvgIpc) is 2.81. The van der Waals surface area contributed by atoms with Crippen LogP contribution in [0.15, 0.2) is 59.7 Å². The van der Waals surface area contributed by atoms with Crippen LogP contribution < -0.4 is 10.2 Å². The van der Waals surface area contributed by atoms with Crippen LogP contribution in [0.1, 0.15) is 24.5 Å². The Labute approximate surface area is 196 Å². The number of nitrogens with one attached hydrogen (secondary N) is 1. The lowest BCUT2D eigenvalue weighted by Crippen LogP contribution is -2.53. The van der Waals surface area contributed by atoms with Gasteiger partial charge in [0.15, 0.2) is 5.96 Å². The van der Waals surface area contributed by atoms with E-state index in [1.54, 1.807) is 0 Å². The van der Waals surface area contributed by atoms with Gasteiger partial charge in [0.1, 0.15) is 5.82 Å². The van der Waals surface area contributed by atoms with Crippen LogP contribution >= 0.6 is 24.0 Å². The summed E-state index contributed by atoms with van der Waals surface area (Å²) in [5.74, 6) is 2.50. The molecule has 0 aliphatic carbocycles. The second-order valence-electron chi connectivity index (χ2n) is 7.69. The molecule has 0 saturated carbocycles. The van der Waals surface area contributed by atoms with Gasteiger partial charge in [-0.25, -0.2) is 4.98 Å². The van der Waals surface area contributed by atoms with E-state index in [2.05, 4.69) is 61.5 Å². The van der Waals surface area contributed by atoms with Gasteiger partial charge in [-0.15, -0.1) is 24.0 Å². The molecule has 4 rings (SSSR count).